The molecule has 0 saturated heterocycles. The average Bonchev–Trinajstić information content (AvgIpc) is 2.40. The minimum Gasteiger partial charge on any atom is -0.197 e. The van der Waals surface area contributed by atoms with Gasteiger partial charge in [0.15, 0.2) is 0 Å². The molecule has 0 radical (unpaired) electrons. The minimum absolute atomic E-state index is 0.271. The first kappa shape index (κ1) is 12.0. The third-order valence-electron chi connectivity index (χ3n) is 4.25. The molecule has 1 nitrogen and oxygen atoms in total. The van der Waals surface area contributed by atoms with E-state index in [2.05, 4.69) is 61.5 Å². The second-order valence-corrected chi connectivity index (χ2v) is 5.58. The molecule has 2 aromatic carbocycles. The Morgan fingerprint density at radius 3 is 2.42 bits per heavy atom. The lowest BCUT2D eigenvalue weighted by atomic mass is 9.57. The van der Waals surface area contributed by atoms with Gasteiger partial charge in [-0.15, -0.1) is 0 Å². The first-order valence-corrected chi connectivity index (χ1v) is 6.77. The van der Waals surface area contributed by atoms with Crippen LogP contribution < -0.4 is 0 Å². The van der Waals surface area contributed by atoms with Crippen LogP contribution in [-0.4, -0.2) is 0 Å². The molecule has 3 rings (SSSR count). The smallest absolute Gasteiger partial charge is 0.0834 e. The van der Waals surface area contributed by atoms with Crippen LogP contribution >= 0.6 is 0 Å². The highest BCUT2D eigenvalue weighted by molar-refractivity contribution is 5.41. The van der Waals surface area contributed by atoms with Crippen LogP contribution in [0.2, 0.25) is 0 Å². The highest BCUT2D eigenvalue weighted by Gasteiger charge is 2.46. The second kappa shape index (κ2) is 4.55. The standard InChI is InChI=1S/C18H17N/c1-14-6-5-9-17(10-14)18(13-19)11-16(12-18)15-7-3-2-4-8-15/h2-10,16H,11-12H2,1H3. The Kier molecular flexibility index (Phi) is 2.87. The quantitative estimate of drug-likeness (QED) is 0.774. The number of hydrogen-bond donors (Lipinski definition) is 0. The molecule has 1 saturated carbocycles. The van der Waals surface area contributed by atoms with Crippen molar-refractivity contribution in [2.24, 2.45) is 0 Å². The van der Waals surface area contributed by atoms with E-state index in [1.165, 1.54) is 16.7 Å². The van der Waals surface area contributed by atoms with Crippen LogP contribution in [0.15, 0.2) is 54.6 Å². The van der Waals surface area contributed by atoms with E-state index in [-0.39, 0.29) is 5.41 Å². The molecule has 0 aliphatic heterocycles. The topological polar surface area (TPSA) is 23.8 Å². The number of nitriles is 1. The molecule has 19 heavy (non-hydrogen) atoms. The third-order valence-corrected chi connectivity index (χ3v) is 4.25. The molecule has 1 fully saturated rings. The van der Waals surface area contributed by atoms with Crippen molar-refractivity contribution in [2.75, 3.05) is 0 Å². The molecule has 0 aromatic heterocycles. The zero-order valence-electron chi connectivity index (χ0n) is 11.1. The number of nitrogens with zero attached hydrogens (tertiary/aromatic N) is 1. The molecule has 1 aliphatic carbocycles. The monoisotopic (exact) mass is 247 g/mol. The fourth-order valence-corrected chi connectivity index (χ4v) is 3.08. The van der Waals surface area contributed by atoms with E-state index < -0.39 is 0 Å². The predicted octanol–water partition coefficient (Wildman–Crippen LogP) is 4.33. The van der Waals surface area contributed by atoms with E-state index in [1.807, 2.05) is 6.07 Å². The Morgan fingerprint density at radius 2 is 1.79 bits per heavy atom. The van der Waals surface area contributed by atoms with Gasteiger partial charge in [0.25, 0.3) is 0 Å². The van der Waals surface area contributed by atoms with Gasteiger partial charge >= 0.3 is 0 Å². The summed E-state index contributed by atoms with van der Waals surface area (Å²) in [7, 11) is 0. The Hall–Kier alpha value is -2.07. The summed E-state index contributed by atoms with van der Waals surface area (Å²) in [5, 5.41) is 9.60. The molecule has 2 aromatic rings. The molecular formula is C18H17N. The van der Waals surface area contributed by atoms with Gasteiger partial charge in [0.2, 0.25) is 0 Å². The molecule has 0 heterocycles. The number of benzene rings is 2. The van der Waals surface area contributed by atoms with E-state index in [0.717, 1.165) is 12.8 Å². The van der Waals surface area contributed by atoms with Crippen LogP contribution in [0.5, 0.6) is 0 Å². The maximum Gasteiger partial charge on any atom is 0.0834 e. The molecule has 1 aliphatic rings. The van der Waals surface area contributed by atoms with Gasteiger partial charge in [-0.3, -0.25) is 0 Å². The second-order valence-electron chi connectivity index (χ2n) is 5.58. The predicted molar refractivity (Wildman–Crippen MR) is 76.9 cm³/mol. The summed E-state index contributed by atoms with van der Waals surface area (Å²) in [5.74, 6) is 0.529. The molecule has 0 unspecified atom stereocenters. The fraction of sp³-hybridized carbons (Fsp3) is 0.278. The Labute approximate surface area is 114 Å². The summed E-state index contributed by atoms with van der Waals surface area (Å²) in [6.07, 6.45) is 1.88. The molecule has 1 heteroatoms. The minimum atomic E-state index is -0.271. The molecule has 0 amide bonds. The van der Waals surface area contributed by atoms with Crippen molar-refractivity contribution in [3.8, 4) is 6.07 Å². The van der Waals surface area contributed by atoms with Crippen molar-refractivity contribution in [3.63, 3.8) is 0 Å². The van der Waals surface area contributed by atoms with Crippen LogP contribution in [0.25, 0.3) is 0 Å². The van der Waals surface area contributed by atoms with Gasteiger partial charge < -0.3 is 0 Å². The van der Waals surface area contributed by atoms with Gasteiger partial charge in [-0.2, -0.15) is 5.26 Å². The number of aryl methyl sites for hydroxylation is 1. The third kappa shape index (κ3) is 2.04. The molecule has 0 bridgehead atoms. The normalized spacial score (nSPS) is 25.4. The van der Waals surface area contributed by atoms with E-state index in [0.29, 0.717) is 5.92 Å². The Bertz CT molecular complexity index is 616. The zero-order chi connectivity index (χ0) is 13.3. The Morgan fingerprint density at radius 1 is 1.05 bits per heavy atom. The van der Waals surface area contributed by atoms with Gasteiger partial charge in [0.1, 0.15) is 0 Å². The summed E-state index contributed by atoms with van der Waals surface area (Å²) < 4.78 is 0. The van der Waals surface area contributed by atoms with Crippen molar-refractivity contribution in [2.45, 2.75) is 31.1 Å². The summed E-state index contributed by atoms with van der Waals surface area (Å²) in [6, 6.07) is 21.5. The Balaban J connectivity index is 1.85. The van der Waals surface area contributed by atoms with Gasteiger partial charge in [-0.1, -0.05) is 60.2 Å². The molecule has 94 valence electrons. The maximum absolute atomic E-state index is 9.60. The molecule has 0 atom stereocenters. The van der Waals surface area contributed by atoms with Crippen LogP contribution in [0.3, 0.4) is 0 Å². The van der Waals surface area contributed by atoms with Gasteiger partial charge in [0, 0.05) is 0 Å². The van der Waals surface area contributed by atoms with Crippen LogP contribution in [-0.2, 0) is 5.41 Å². The van der Waals surface area contributed by atoms with Crippen molar-refractivity contribution in [1.82, 2.24) is 0 Å². The van der Waals surface area contributed by atoms with Crippen LogP contribution in [0.4, 0.5) is 0 Å². The largest absolute Gasteiger partial charge is 0.197 e. The van der Waals surface area contributed by atoms with Crippen LogP contribution in [0, 0.1) is 18.3 Å². The van der Waals surface area contributed by atoms with Crippen molar-refractivity contribution >= 4 is 0 Å². The lowest BCUT2D eigenvalue weighted by Crippen LogP contribution is -2.38. The summed E-state index contributed by atoms with van der Waals surface area (Å²) in [4.78, 5) is 0. The summed E-state index contributed by atoms with van der Waals surface area (Å²) >= 11 is 0. The maximum atomic E-state index is 9.60. The highest BCUT2D eigenvalue weighted by atomic mass is 14.5. The number of hydrogen-bond acceptors (Lipinski definition) is 1. The zero-order valence-corrected chi connectivity index (χ0v) is 11.1. The van der Waals surface area contributed by atoms with Crippen molar-refractivity contribution < 1.29 is 0 Å². The number of rotatable bonds is 2. The van der Waals surface area contributed by atoms with Gasteiger partial charge in [0.05, 0.1) is 11.5 Å². The van der Waals surface area contributed by atoms with Gasteiger partial charge in [-0.25, -0.2) is 0 Å². The van der Waals surface area contributed by atoms with Gasteiger partial charge in [-0.05, 0) is 36.8 Å². The SMILES string of the molecule is Cc1cccc(C2(C#N)CC(c3ccccc3)C2)c1. The van der Waals surface area contributed by atoms with E-state index in [1.54, 1.807) is 0 Å². The highest BCUT2D eigenvalue weighted by Crippen LogP contribution is 2.52. The summed E-state index contributed by atoms with van der Waals surface area (Å²) in [5.41, 5.74) is 3.51. The molecule has 0 spiro atoms. The molecule has 0 N–H and O–H groups in total. The lowest BCUT2D eigenvalue weighted by Gasteiger charge is -2.43. The van der Waals surface area contributed by atoms with E-state index in [9.17, 15) is 5.26 Å². The summed E-state index contributed by atoms with van der Waals surface area (Å²) in [6.45, 7) is 2.09. The first-order valence-electron chi connectivity index (χ1n) is 6.77. The first-order chi connectivity index (χ1) is 9.23. The average molecular weight is 247 g/mol. The fourth-order valence-electron chi connectivity index (χ4n) is 3.08. The van der Waals surface area contributed by atoms with E-state index in [4.69, 9.17) is 0 Å². The van der Waals surface area contributed by atoms with E-state index >= 15 is 0 Å². The van der Waals surface area contributed by atoms with Crippen LogP contribution in [0.1, 0.15) is 35.4 Å². The lowest BCUT2D eigenvalue weighted by molar-refractivity contribution is 0.269. The molecular weight excluding hydrogens is 230 g/mol. The van der Waals surface area contributed by atoms with Crippen molar-refractivity contribution in [3.05, 3.63) is 71.3 Å². The van der Waals surface area contributed by atoms with Crippen molar-refractivity contribution in [1.29, 1.82) is 5.26 Å².